The molecule has 120 valence electrons. The number of amides is 1. The van der Waals surface area contributed by atoms with Gasteiger partial charge in [0, 0.05) is 24.2 Å². The Balaban J connectivity index is 1.65. The molecule has 23 heavy (non-hydrogen) atoms. The van der Waals surface area contributed by atoms with E-state index in [1.54, 1.807) is 19.1 Å². The van der Waals surface area contributed by atoms with Crippen molar-refractivity contribution in [3.05, 3.63) is 52.6 Å². The molecule has 1 atom stereocenters. The average Bonchev–Trinajstić information content (AvgIpc) is 2.99. The van der Waals surface area contributed by atoms with Crippen LogP contribution in [0.4, 0.5) is 0 Å². The lowest BCUT2D eigenvalue weighted by Gasteiger charge is -2.30. The molecule has 0 radical (unpaired) electrons. The zero-order chi connectivity index (χ0) is 16.2. The molecule has 1 aromatic heterocycles. The fourth-order valence-electron chi connectivity index (χ4n) is 2.74. The molecule has 1 saturated heterocycles. The second-order valence-electron chi connectivity index (χ2n) is 5.69. The van der Waals surface area contributed by atoms with Crippen LogP contribution in [0.3, 0.4) is 0 Å². The van der Waals surface area contributed by atoms with Crippen LogP contribution in [0.15, 0.2) is 34.9 Å². The highest BCUT2D eigenvalue weighted by Crippen LogP contribution is 2.25. The third-order valence-electron chi connectivity index (χ3n) is 3.89. The standard InChI is InChI=1S/C17H18ClN3O2/c1-12-19-17(23-20-12)14-5-3-9-21(11-14)16(22)8-7-13-4-2-6-15(18)10-13/h2,4,6-8,10,14H,3,5,9,11H2,1H3/b8-7+/t14-/m0/s1. The van der Waals surface area contributed by atoms with E-state index in [0.29, 0.717) is 23.3 Å². The molecule has 0 unspecified atom stereocenters. The van der Waals surface area contributed by atoms with Crippen LogP contribution in [0.2, 0.25) is 5.02 Å². The Kier molecular flexibility index (Phi) is 4.76. The van der Waals surface area contributed by atoms with Crippen LogP contribution in [-0.2, 0) is 4.79 Å². The number of likely N-dealkylation sites (tertiary alicyclic amines) is 1. The third-order valence-corrected chi connectivity index (χ3v) is 4.13. The monoisotopic (exact) mass is 331 g/mol. The van der Waals surface area contributed by atoms with Crippen molar-refractivity contribution in [3.63, 3.8) is 0 Å². The van der Waals surface area contributed by atoms with Gasteiger partial charge in [-0.25, -0.2) is 0 Å². The van der Waals surface area contributed by atoms with Crippen molar-refractivity contribution in [1.29, 1.82) is 0 Å². The first-order valence-electron chi connectivity index (χ1n) is 7.64. The fourth-order valence-corrected chi connectivity index (χ4v) is 2.94. The van der Waals surface area contributed by atoms with Crippen LogP contribution < -0.4 is 0 Å². The number of hydrogen-bond donors (Lipinski definition) is 0. The Bertz CT molecular complexity index is 726. The molecule has 1 aliphatic rings. The summed E-state index contributed by atoms with van der Waals surface area (Å²) in [6.45, 7) is 3.16. The molecule has 0 spiro atoms. The summed E-state index contributed by atoms with van der Waals surface area (Å²) >= 11 is 5.95. The minimum absolute atomic E-state index is 0.00841. The maximum Gasteiger partial charge on any atom is 0.246 e. The lowest BCUT2D eigenvalue weighted by Crippen LogP contribution is -2.38. The van der Waals surface area contributed by atoms with Crippen molar-refractivity contribution in [2.45, 2.75) is 25.7 Å². The Hall–Kier alpha value is -2.14. The lowest BCUT2D eigenvalue weighted by molar-refractivity contribution is -0.127. The van der Waals surface area contributed by atoms with Gasteiger partial charge in [0.2, 0.25) is 11.8 Å². The lowest BCUT2D eigenvalue weighted by atomic mass is 9.98. The van der Waals surface area contributed by atoms with E-state index in [1.165, 1.54) is 0 Å². The molecule has 1 amide bonds. The van der Waals surface area contributed by atoms with Crippen molar-refractivity contribution in [3.8, 4) is 0 Å². The molecule has 2 heterocycles. The highest BCUT2D eigenvalue weighted by Gasteiger charge is 2.27. The number of rotatable bonds is 3. The van der Waals surface area contributed by atoms with Gasteiger partial charge in [-0.3, -0.25) is 4.79 Å². The summed E-state index contributed by atoms with van der Waals surface area (Å²) in [7, 11) is 0. The number of nitrogens with zero attached hydrogens (tertiary/aromatic N) is 3. The SMILES string of the molecule is Cc1noc([C@H]2CCCN(C(=O)/C=C/c3cccc(Cl)c3)C2)n1. The minimum atomic E-state index is -0.00841. The smallest absolute Gasteiger partial charge is 0.246 e. The number of aryl methyl sites for hydroxylation is 1. The molecule has 0 aliphatic carbocycles. The van der Waals surface area contributed by atoms with Crippen molar-refractivity contribution >= 4 is 23.6 Å². The summed E-state index contributed by atoms with van der Waals surface area (Å²) in [6, 6.07) is 7.41. The van der Waals surface area contributed by atoms with E-state index in [2.05, 4.69) is 10.1 Å². The normalized spacial score (nSPS) is 18.5. The van der Waals surface area contributed by atoms with Crippen molar-refractivity contribution in [2.24, 2.45) is 0 Å². The van der Waals surface area contributed by atoms with E-state index in [1.807, 2.05) is 29.2 Å². The molecule has 3 rings (SSSR count). The summed E-state index contributed by atoms with van der Waals surface area (Å²) < 4.78 is 5.24. The van der Waals surface area contributed by atoms with E-state index in [0.717, 1.165) is 24.9 Å². The third kappa shape index (κ3) is 3.99. The molecule has 6 heteroatoms. The molecule has 1 fully saturated rings. The number of halogens is 1. The number of benzene rings is 1. The van der Waals surface area contributed by atoms with Crippen LogP contribution in [0.1, 0.15) is 36.0 Å². The maximum atomic E-state index is 12.4. The van der Waals surface area contributed by atoms with Gasteiger partial charge in [-0.15, -0.1) is 0 Å². The topological polar surface area (TPSA) is 59.2 Å². The van der Waals surface area contributed by atoms with E-state index < -0.39 is 0 Å². The van der Waals surface area contributed by atoms with Crippen molar-refractivity contribution in [1.82, 2.24) is 15.0 Å². The van der Waals surface area contributed by atoms with Gasteiger partial charge in [0.05, 0.1) is 5.92 Å². The highest BCUT2D eigenvalue weighted by molar-refractivity contribution is 6.30. The molecular weight excluding hydrogens is 314 g/mol. The molecule has 0 bridgehead atoms. The molecule has 1 aliphatic heterocycles. The summed E-state index contributed by atoms with van der Waals surface area (Å²) in [5.74, 6) is 1.36. The Morgan fingerprint density at radius 1 is 1.48 bits per heavy atom. The van der Waals surface area contributed by atoms with Crippen molar-refractivity contribution in [2.75, 3.05) is 13.1 Å². The van der Waals surface area contributed by atoms with Crippen LogP contribution in [0.5, 0.6) is 0 Å². The van der Waals surface area contributed by atoms with E-state index >= 15 is 0 Å². The largest absolute Gasteiger partial charge is 0.339 e. The quantitative estimate of drug-likeness (QED) is 0.808. The fraction of sp³-hybridized carbons (Fsp3) is 0.353. The van der Waals surface area contributed by atoms with Gasteiger partial charge in [0.15, 0.2) is 5.82 Å². The first-order chi connectivity index (χ1) is 11.1. The molecule has 0 saturated carbocycles. The first-order valence-corrected chi connectivity index (χ1v) is 8.02. The predicted octanol–water partition coefficient (Wildman–Crippen LogP) is 3.45. The summed E-state index contributed by atoms with van der Waals surface area (Å²) in [5.41, 5.74) is 0.909. The van der Waals surface area contributed by atoms with Crippen molar-refractivity contribution < 1.29 is 9.32 Å². The Morgan fingerprint density at radius 2 is 2.35 bits per heavy atom. The summed E-state index contributed by atoms with van der Waals surface area (Å²) in [4.78, 5) is 18.5. The van der Waals surface area contributed by atoms with Crippen LogP contribution in [-0.4, -0.2) is 34.0 Å². The summed E-state index contributed by atoms with van der Waals surface area (Å²) in [6.07, 6.45) is 5.27. The molecule has 1 aromatic carbocycles. The van der Waals surface area contributed by atoms with Gasteiger partial charge < -0.3 is 9.42 Å². The van der Waals surface area contributed by atoms with E-state index in [9.17, 15) is 4.79 Å². The van der Waals surface area contributed by atoms with Gasteiger partial charge in [0.25, 0.3) is 0 Å². The second-order valence-corrected chi connectivity index (χ2v) is 6.13. The van der Waals surface area contributed by atoms with Gasteiger partial charge >= 0.3 is 0 Å². The minimum Gasteiger partial charge on any atom is -0.339 e. The second kappa shape index (κ2) is 6.96. The number of piperidine rings is 1. The average molecular weight is 332 g/mol. The first kappa shape index (κ1) is 15.7. The van der Waals surface area contributed by atoms with Gasteiger partial charge in [-0.2, -0.15) is 4.98 Å². The number of aromatic nitrogens is 2. The van der Waals surface area contributed by atoms with Crippen LogP contribution in [0, 0.1) is 6.92 Å². The molecule has 2 aromatic rings. The Labute approximate surface area is 139 Å². The highest BCUT2D eigenvalue weighted by atomic mass is 35.5. The molecule has 0 N–H and O–H groups in total. The van der Waals surface area contributed by atoms with Gasteiger partial charge in [-0.1, -0.05) is 28.9 Å². The maximum absolute atomic E-state index is 12.4. The molecule has 5 nitrogen and oxygen atoms in total. The molecular formula is C17H18ClN3O2. The van der Waals surface area contributed by atoms with Gasteiger partial charge in [0.1, 0.15) is 0 Å². The van der Waals surface area contributed by atoms with Gasteiger partial charge in [-0.05, 0) is 43.5 Å². The summed E-state index contributed by atoms with van der Waals surface area (Å²) in [5, 5.41) is 4.49. The zero-order valence-electron chi connectivity index (χ0n) is 12.9. The number of carbonyl (C=O) groups is 1. The number of carbonyl (C=O) groups excluding carboxylic acids is 1. The Morgan fingerprint density at radius 3 is 3.09 bits per heavy atom. The van der Waals surface area contributed by atoms with E-state index in [-0.39, 0.29) is 11.8 Å². The van der Waals surface area contributed by atoms with E-state index in [4.69, 9.17) is 16.1 Å². The van der Waals surface area contributed by atoms with Crippen LogP contribution in [0.25, 0.3) is 6.08 Å². The zero-order valence-corrected chi connectivity index (χ0v) is 13.7. The van der Waals surface area contributed by atoms with Crippen LogP contribution >= 0.6 is 11.6 Å². The predicted molar refractivity (Wildman–Crippen MR) is 88.1 cm³/mol. The number of hydrogen-bond acceptors (Lipinski definition) is 4.